The molecule has 7 heavy (non-hydrogen) atoms. The van der Waals surface area contributed by atoms with Crippen LogP contribution in [0.25, 0.3) is 0 Å². The summed E-state index contributed by atoms with van der Waals surface area (Å²) in [6.07, 6.45) is 0. The lowest BCUT2D eigenvalue weighted by Gasteiger charge is -1.98. The van der Waals surface area contributed by atoms with E-state index in [0.29, 0.717) is 11.5 Å². The summed E-state index contributed by atoms with van der Waals surface area (Å²) in [5, 5.41) is 8.03. The first-order valence-electron chi connectivity index (χ1n) is 1.76. The first kappa shape index (κ1) is 4.61. The van der Waals surface area contributed by atoms with E-state index in [1.807, 2.05) is 0 Å². The van der Waals surface area contributed by atoms with Gasteiger partial charge in [0.25, 0.3) is 0 Å². The zero-order chi connectivity index (χ0) is 5.28. The maximum absolute atomic E-state index is 5.11. The van der Waals surface area contributed by atoms with Crippen LogP contribution in [0.3, 0.4) is 0 Å². The van der Waals surface area contributed by atoms with Gasteiger partial charge in [-0.05, 0) is 0 Å². The average Bonchev–Trinajstić information content (AvgIpc) is 1.91. The van der Waals surface area contributed by atoms with Crippen LogP contribution < -0.4 is 5.84 Å². The minimum Gasteiger partial charge on any atom is -0.224 e. The number of hydrazine groups is 1. The molecule has 1 aliphatic heterocycles. The molecule has 0 amide bonds. The second-order valence-electron chi connectivity index (χ2n) is 1.13. The van der Waals surface area contributed by atoms with E-state index in [1.54, 1.807) is 0 Å². The number of rotatable bonds is 0. The molecule has 0 aromatic heterocycles. The van der Waals surface area contributed by atoms with Crippen molar-refractivity contribution in [3.63, 3.8) is 0 Å². The monoisotopic (exact) mass is 116 g/mol. The predicted molar refractivity (Wildman–Crippen MR) is 28.3 cm³/mol. The Kier molecular flexibility index (Phi) is 0.994. The second-order valence-corrected chi connectivity index (χ2v) is 1.60. The lowest BCUT2D eigenvalue weighted by atomic mass is 10.7. The highest BCUT2D eigenvalue weighted by Gasteiger charge is 2.07. The molecule has 1 aliphatic rings. The Bertz CT molecular complexity index is 119. The molecule has 0 unspecified atom stereocenters. The van der Waals surface area contributed by atoms with Crippen molar-refractivity contribution in [2.45, 2.75) is 0 Å². The van der Waals surface area contributed by atoms with Gasteiger partial charge in [0.1, 0.15) is 11.5 Å². The third-order valence-corrected chi connectivity index (χ3v) is 0.937. The molecule has 1 rings (SSSR count). The zero-order valence-corrected chi connectivity index (χ0v) is 4.35. The largest absolute Gasteiger partial charge is 0.224 e. The van der Waals surface area contributed by atoms with E-state index in [0.717, 1.165) is 5.12 Å². The summed E-state index contributed by atoms with van der Waals surface area (Å²) < 4.78 is 0. The number of hydrogen-bond acceptors (Lipinski definition) is 4. The lowest BCUT2D eigenvalue weighted by Crippen LogP contribution is -2.27. The first-order chi connectivity index (χ1) is 3.30. The molecule has 0 spiro atoms. The molecule has 0 bridgehead atoms. The van der Waals surface area contributed by atoms with Crippen molar-refractivity contribution in [1.29, 1.82) is 0 Å². The van der Waals surface area contributed by atoms with Gasteiger partial charge in [-0.15, -0.1) is 0 Å². The summed E-state index contributed by atoms with van der Waals surface area (Å²) in [5.74, 6) is 5.11. The molecule has 4 nitrogen and oxygen atoms in total. The quantitative estimate of drug-likeness (QED) is 0.354. The summed E-state index contributed by atoms with van der Waals surface area (Å²) in [4.78, 5) is 0.569. The molecule has 0 fully saturated rings. The molecule has 0 aromatic rings. The fraction of sp³-hybridized carbons (Fsp3) is 0.500. The van der Waals surface area contributed by atoms with Gasteiger partial charge in [0.05, 0.1) is 0 Å². The highest BCUT2D eigenvalue weighted by atomic mass is 32.1. The van der Waals surface area contributed by atoms with E-state index in [1.165, 1.54) is 0 Å². The first-order valence-corrected chi connectivity index (χ1v) is 2.16. The van der Waals surface area contributed by atoms with Crippen molar-refractivity contribution in [2.24, 2.45) is 16.2 Å². The van der Waals surface area contributed by atoms with Crippen LogP contribution in [-0.4, -0.2) is 16.7 Å². The fourth-order valence-electron chi connectivity index (χ4n) is 0.283. The lowest BCUT2D eigenvalue weighted by molar-refractivity contribution is 0.471. The third-order valence-electron chi connectivity index (χ3n) is 0.621. The Morgan fingerprint density at radius 1 is 1.86 bits per heavy atom. The van der Waals surface area contributed by atoms with Gasteiger partial charge in [-0.25, -0.2) is 5.84 Å². The van der Waals surface area contributed by atoms with Gasteiger partial charge >= 0.3 is 0 Å². The Hall–Kier alpha value is -0.550. The van der Waals surface area contributed by atoms with Crippen LogP contribution in [0.1, 0.15) is 0 Å². The van der Waals surface area contributed by atoms with Crippen LogP contribution >= 0.6 is 12.2 Å². The van der Waals surface area contributed by atoms with Gasteiger partial charge in [-0.3, -0.25) is 0 Å². The van der Waals surface area contributed by atoms with Gasteiger partial charge in [0.15, 0.2) is 0 Å². The standard InChI is InChI=1S/C2H4N4S/c3-6-2(7)1-4-5-6/h1,3H2. The minimum atomic E-state index is 0.464. The van der Waals surface area contributed by atoms with Crippen molar-refractivity contribution in [2.75, 3.05) is 6.54 Å². The van der Waals surface area contributed by atoms with Crippen LogP contribution in [0.5, 0.6) is 0 Å². The smallest absolute Gasteiger partial charge is 0.143 e. The van der Waals surface area contributed by atoms with E-state index in [4.69, 9.17) is 5.84 Å². The van der Waals surface area contributed by atoms with Crippen molar-refractivity contribution in [3.05, 3.63) is 0 Å². The van der Waals surface area contributed by atoms with Crippen molar-refractivity contribution in [1.82, 2.24) is 5.12 Å². The SMILES string of the molecule is NN1N=NCC1=S. The Morgan fingerprint density at radius 2 is 2.57 bits per heavy atom. The van der Waals surface area contributed by atoms with Gasteiger partial charge in [0.2, 0.25) is 0 Å². The van der Waals surface area contributed by atoms with E-state index in [-0.39, 0.29) is 0 Å². The molecular formula is C2H4N4S. The Balaban J connectivity index is 2.62. The van der Waals surface area contributed by atoms with Crippen molar-refractivity contribution in [3.8, 4) is 0 Å². The molecule has 0 radical (unpaired) electrons. The van der Waals surface area contributed by atoms with E-state index < -0.39 is 0 Å². The highest BCUT2D eigenvalue weighted by Crippen LogP contribution is 1.95. The number of nitrogens with zero attached hydrogens (tertiary/aromatic N) is 3. The van der Waals surface area contributed by atoms with Gasteiger partial charge in [-0.2, -0.15) is 10.2 Å². The number of thiocarbonyl (C=S) groups is 1. The summed E-state index contributed by atoms with van der Waals surface area (Å²) in [7, 11) is 0. The molecular weight excluding hydrogens is 112 g/mol. The normalized spacial score (nSPS) is 19.0. The van der Waals surface area contributed by atoms with Crippen molar-refractivity contribution >= 4 is 17.2 Å². The second kappa shape index (κ2) is 1.51. The third kappa shape index (κ3) is 0.726. The van der Waals surface area contributed by atoms with Gasteiger partial charge < -0.3 is 0 Å². The van der Waals surface area contributed by atoms with Crippen LogP contribution in [0.4, 0.5) is 0 Å². The van der Waals surface area contributed by atoms with E-state index >= 15 is 0 Å². The zero-order valence-electron chi connectivity index (χ0n) is 3.53. The van der Waals surface area contributed by atoms with Gasteiger partial charge in [-0.1, -0.05) is 17.4 Å². The van der Waals surface area contributed by atoms with E-state index in [9.17, 15) is 0 Å². The van der Waals surface area contributed by atoms with Gasteiger partial charge in [0, 0.05) is 0 Å². The maximum atomic E-state index is 5.11. The Morgan fingerprint density at radius 3 is 2.71 bits per heavy atom. The summed E-state index contributed by atoms with van der Waals surface area (Å²) in [5.41, 5.74) is 0. The van der Waals surface area contributed by atoms with Crippen LogP contribution in [0.15, 0.2) is 10.3 Å². The molecule has 0 aromatic carbocycles. The predicted octanol–water partition coefficient (Wildman–Crippen LogP) is -0.130. The molecule has 38 valence electrons. The number of hydrogen-bond donors (Lipinski definition) is 1. The molecule has 1 heterocycles. The molecule has 0 saturated heterocycles. The van der Waals surface area contributed by atoms with E-state index in [2.05, 4.69) is 22.6 Å². The van der Waals surface area contributed by atoms with Crippen LogP contribution in [0.2, 0.25) is 0 Å². The van der Waals surface area contributed by atoms with Crippen molar-refractivity contribution < 1.29 is 0 Å². The average molecular weight is 116 g/mol. The molecule has 0 saturated carbocycles. The maximum Gasteiger partial charge on any atom is 0.143 e. The number of nitrogens with two attached hydrogens (primary N) is 1. The summed E-state index contributed by atoms with van der Waals surface area (Å²) >= 11 is 4.66. The summed E-state index contributed by atoms with van der Waals surface area (Å²) in [6, 6.07) is 0. The molecule has 0 aliphatic carbocycles. The minimum absolute atomic E-state index is 0.464. The molecule has 5 heteroatoms. The highest BCUT2D eigenvalue weighted by molar-refractivity contribution is 7.80. The molecule has 2 N–H and O–H groups in total. The summed E-state index contributed by atoms with van der Waals surface area (Å²) in [6.45, 7) is 0.464. The van der Waals surface area contributed by atoms with Crippen LogP contribution in [0, 0.1) is 0 Å². The fourth-order valence-corrected chi connectivity index (χ4v) is 0.377. The molecule has 0 atom stereocenters. The van der Waals surface area contributed by atoms with Crippen LogP contribution in [-0.2, 0) is 0 Å². The topological polar surface area (TPSA) is 54.0 Å². The Labute approximate surface area is 45.9 Å².